The molecule has 0 radical (unpaired) electrons. The van der Waals surface area contributed by atoms with Crippen LogP contribution < -0.4 is 5.32 Å². The summed E-state index contributed by atoms with van der Waals surface area (Å²) < 4.78 is 0. The molecule has 0 unspecified atom stereocenters. The Morgan fingerprint density at radius 2 is 1.90 bits per heavy atom. The lowest BCUT2D eigenvalue weighted by molar-refractivity contribution is 0.356. The summed E-state index contributed by atoms with van der Waals surface area (Å²) in [5.41, 5.74) is 4.61. The van der Waals surface area contributed by atoms with E-state index >= 15 is 0 Å². The van der Waals surface area contributed by atoms with Gasteiger partial charge in [-0.25, -0.2) is 15.0 Å². The highest BCUT2D eigenvalue weighted by Crippen LogP contribution is 2.39. The van der Waals surface area contributed by atoms with E-state index in [0.29, 0.717) is 6.04 Å². The van der Waals surface area contributed by atoms with Gasteiger partial charge in [-0.2, -0.15) is 0 Å². The van der Waals surface area contributed by atoms with Crippen molar-refractivity contribution in [1.82, 2.24) is 15.0 Å². The Balaban J connectivity index is 1.51. The van der Waals surface area contributed by atoms with E-state index in [1.54, 1.807) is 0 Å². The predicted octanol–water partition coefficient (Wildman–Crippen LogP) is 6.53. The van der Waals surface area contributed by atoms with Crippen LogP contribution in [0.3, 0.4) is 0 Å². The summed E-state index contributed by atoms with van der Waals surface area (Å²) in [6, 6.07) is 11.4. The summed E-state index contributed by atoms with van der Waals surface area (Å²) in [6.45, 7) is 2.20. The smallest absolute Gasteiger partial charge is 0.223 e. The van der Waals surface area contributed by atoms with Crippen LogP contribution in [0, 0.1) is 5.92 Å². The van der Waals surface area contributed by atoms with Gasteiger partial charge in [0.15, 0.2) is 0 Å². The molecule has 156 valence electrons. The zero-order valence-corrected chi connectivity index (χ0v) is 18.5. The molecule has 2 saturated carbocycles. The molecule has 2 aliphatic carbocycles. The highest BCUT2D eigenvalue weighted by molar-refractivity contribution is 7.15. The molecule has 0 saturated heterocycles. The highest BCUT2D eigenvalue weighted by Gasteiger charge is 2.23. The van der Waals surface area contributed by atoms with Gasteiger partial charge in [-0.15, -0.1) is 11.3 Å². The number of aryl methyl sites for hydroxylation is 1. The zero-order valence-electron chi connectivity index (χ0n) is 17.7. The Bertz CT molecular complexity index is 1000. The van der Waals surface area contributed by atoms with Crippen molar-refractivity contribution < 1.29 is 0 Å². The standard InChI is InChI=1S/C25H30N4S/c1-2-17-9-6-10-19(15-17)23-24(21-13-14-26-25(28-21)27-20-11-12-20)30-22(29-23)16-18-7-4-3-5-8-18/h6,9-10,13-15,18,20H,2-5,7-8,11-12,16H2,1H3,(H,26,27,28). The van der Waals surface area contributed by atoms with Crippen LogP contribution in [0.2, 0.25) is 0 Å². The number of anilines is 1. The molecule has 5 rings (SSSR count). The number of nitrogens with zero attached hydrogens (tertiary/aromatic N) is 3. The lowest BCUT2D eigenvalue weighted by Crippen LogP contribution is -2.08. The van der Waals surface area contributed by atoms with Crippen LogP contribution in [-0.4, -0.2) is 21.0 Å². The van der Waals surface area contributed by atoms with Gasteiger partial charge in [0, 0.05) is 24.2 Å². The quantitative estimate of drug-likeness (QED) is 0.474. The maximum atomic E-state index is 5.17. The summed E-state index contributed by atoms with van der Waals surface area (Å²) in [5.74, 6) is 1.52. The first-order valence-electron chi connectivity index (χ1n) is 11.5. The van der Waals surface area contributed by atoms with Crippen LogP contribution in [0.25, 0.3) is 21.8 Å². The first-order chi connectivity index (χ1) is 14.8. The van der Waals surface area contributed by atoms with Crippen LogP contribution in [0.4, 0.5) is 5.95 Å². The summed E-state index contributed by atoms with van der Waals surface area (Å²) in [6.07, 6.45) is 13.3. The molecule has 2 aromatic heterocycles. The minimum Gasteiger partial charge on any atom is -0.351 e. The minimum absolute atomic E-state index is 0.546. The Labute approximate surface area is 183 Å². The fourth-order valence-corrected chi connectivity index (χ4v) is 5.53. The van der Waals surface area contributed by atoms with Gasteiger partial charge < -0.3 is 5.32 Å². The van der Waals surface area contributed by atoms with Crippen molar-refractivity contribution in [3.05, 3.63) is 47.1 Å². The van der Waals surface area contributed by atoms with Crippen molar-refractivity contribution in [1.29, 1.82) is 0 Å². The minimum atomic E-state index is 0.546. The van der Waals surface area contributed by atoms with Gasteiger partial charge >= 0.3 is 0 Å². The van der Waals surface area contributed by atoms with E-state index in [2.05, 4.69) is 41.5 Å². The van der Waals surface area contributed by atoms with Gasteiger partial charge in [0.2, 0.25) is 5.95 Å². The van der Waals surface area contributed by atoms with Crippen molar-refractivity contribution in [2.45, 2.75) is 70.8 Å². The number of hydrogen-bond donors (Lipinski definition) is 1. The van der Waals surface area contributed by atoms with Gasteiger partial charge in [-0.3, -0.25) is 0 Å². The average Bonchev–Trinajstić information content (AvgIpc) is 3.51. The SMILES string of the molecule is CCc1cccc(-c2nc(CC3CCCCC3)sc2-c2ccnc(NC3CC3)n2)c1. The number of benzene rings is 1. The largest absolute Gasteiger partial charge is 0.351 e. The molecule has 2 heterocycles. The molecule has 2 aliphatic rings. The highest BCUT2D eigenvalue weighted by atomic mass is 32.1. The van der Waals surface area contributed by atoms with Crippen LogP contribution in [-0.2, 0) is 12.8 Å². The molecule has 0 spiro atoms. The van der Waals surface area contributed by atoms with Gasteiger partial charge in [-0.1, -0.05) is 57.2 Å². The second-order valence-electron chi connectivity index (χ2n) is 8.73. The van der Waals surface area contributed by atoms with Gasteiger partial charge in [-0.05, 0) is 42.9 Å². The molecule has 1 N–H and O–H groups in total. The van der Waals surface area contributed by atoms with Crippen LogP contribution in [0.5, 0.6) is 0 Å². The predicted molar refractivity (Wildman–Crippen MR) is 125 cm³/mol. The second kappa shape index (κ2) is 8.84. The number of nitrogens with one attached hydrogen (secondary N) is 1. The fraction of sp³-hybridized carbons (Fsp3) is 0.480. The third kappa shape index (κ3) is 4.56. The summed E-state index contributed by atoms with van der Waals surface area (Å²) in [5, 5.41) is 4.69. The number of thiazole rings is 1. The Morgan fingerprint density at radius 1 is 1.03 bits per heavy atom. The Kier molecular flexibility index (Phi) is 5.80. The van der Waals surface area contributed by atoms with E-state index in [1.165, 1.54) is 66.0 Å². The molecule has 0 aliphatic heterocycles. The van der Waals surface area contributed by atoms with Gasteiger partial charge in [0.25, 0.3) is 0 Å². The lowest BCUT2D eigenvalue weighted by atomic mass is 9.87. The van der Waals surface area contributed by atoms with Crippen molar-refractivity contribution in [2.24, 2.45) is 5.92 Å². The van der Waals surface area contributed by atoms with Gasteiger partial charge in [0.1, 0.15) is 0 Å². The monoisotopic (exact) mass is 418 g/mol. The van der Waals surface area contributed by atoms with Crippen molar-refractivity contribution in [2.75, 3.05) is 5.32 Å². The Hall–Kier alpha value is -2.27. The van der Waals surface area contributed by atoms with E-state index in [4.69, 9.17) is 9.97 Å². The van der Waals surface area contributed by atoms with Gasteiger partial charge in [0.05, 0.1) is 21.3 Å². The van der Waals surface area contributed by atoms with E-state index in [1.807, 2.05) is 23.6 Å². The Morgan fingerprint density at radius 3 is 2.70 bits per heavy atom. The topological polar surface area (TPSA) is 50.7 Å². The fourth-order valence-electron chi connectivity index (χ4n) is 4.36. The first kappa shape index (κ1) is 19.7. The molecule has 0 bridgehead atoms. The third-order valence-electron chi connectivity index (χ3n) is 6.27. The maximum absolute atomic E-state index is 5.17. The van der Waals surface area contributed by atoms with E-state index < -0.39 is 0 Å². The zero-order chi connectivity index (χ0) is 20.3. The van der Waals surface area contributed by atoms with Crippen LogP contribution in [0.1, 0.15) is 62.4 Å². The number of aromatic nitrogens is 3. The number of rotatable bonds is 7. The molecule has 1 aromatic carbocycles. The summed E-state index contributed by atoms with van der Waals surface area (Å²) in [7, 11) is 0. The van der Waals surface area contributed by atoms with E-state index in [0.717, 1.165) is 36.1 Å². The van der Waals surface area contributed by atoms with Crippen molar-refractivity contribution in [3.8, 4) is 21.8 Å². The second-order valence-corrected chi connectivity index (χ2v) is 9.82. The molecule has 4 nitrogen and oxygen atoms in total. The normalized spacial score (nSPS) is 17.2. The summed E-state index contributed by atoms with van der Waals surface area (Å²) in [4.78, 5) is 15.6. The van der Waals surface area contributed by atoms with E-state index in [9.17, 15) is 0 Å². The first-order valence-corrected chi connectivity index (χ1v) is 12.3. The van der Waals surface area contributed by atoms with E-state index in [-0.39, 0.29) is 0 Å². The molecule has 0 amide bonds. The summed E-state index contributed by atoms with van der Waals surface area (Å²) >= 11 is 1.83. The maximum Gasteiger partial charge on any atom is 0.223 e. The van der Waals surface area contributed by atoms with Crippen molar-refractivity contribution in [3.63, 3.8) is 0 Å². The van der Waals surface area contributed by atoms with Crippen molar-refractivity contribution >= 4 is 17.3 Å². The number of hydrogen-bond acceptors (Lipinski definition) is 5. The molecule has 3 aromatic rings. The molecule has 30 heavy (non-hydrogen) atoms. The molecular formula is C25H30N4S. The molecule has 0 atom stereocenters. The molecule has 5 heteroatoms. The third-order valence-corrected chi connectivity index (χ3v) is 7.37. The average molecular weight is 419 g/mol. The van der Waals surface area contributed by atoms with Crippen LogP contribution in [0.15, 0.2) is 36.5 Å². The molecule has 2 fully saturated rings. The van der Waals surface area contributed by atoms with Crippen LogP contribution >= 0.6 is 11.3 Å². The molecular weight excluding hydrogens is 388 g/mol. The lowest BCUT2D eigenvalue weighted by Gasteiger charge is -2.20.